The van der Waals surface area contributed by atoms with Crippen molar-refractivity contribution in [3.05, 3.63) is 61.9 Å². The van der Waals surface area contributed by atoms with E-state index in [0.717, 1.165) is 0 Å². The highest BCUT2D eigenvalue weighted by Crippen LogP contribution is 2.40. The summed E-state index contributed by atoms with van der Waals surface area (Å²) in [6.07, 6.45) is 0.494. The molecular weight excluding hydrogens is 562 g/mol. The van der Waals surface area contributed by atoms with Gasteiger partial charge < -0.3 is 14.5 Å². The maximum atomic E-state index is 12.0. The molecule has 3 N–H and O–H groups in total. The first-order valence-corrected chi connectivity index (χ1v) is 10.9. The number of nitriles is 1. The second kappa shape index (κ2) is 10.8. The van der Waals surface area contributed by atoms with Crippen LogP contribution in [0.3, 0.4) is 0 Å². The number of H-pyrrole nitrogens is 1. The van der Waals surface area contributed by atoms with E-state index in [1.54, 1.807) is 49.4 Å². The third-order valence-electron chi connectivity index (χ3n) is 4.09. The standard InChI is InChI=1S/C21H15Br2N5O5/c1-2-32-21(31)26-20(30)16(9-24)28-27-11-7-14(22)18(15(23)8-11)33-17-10-25-19(29)13-6-4-3-5-12(13)17/h3-8,10,27H,2H2,1H3,(H,25,29)(H,26,30,31)/b28-16-. The Morgan fingerprint density at radius 2 is 1.85 bits per heavy atom. The number of amides is 2. The Balaban J connectivity index is 1.82. The van der Waals surface area contributed by atoms with Gasteiger partial charge in [0, 0.05) is 11.6 Å². The van der Waals surface area contributed by atoms with Gasteiger partial charge in [-0.1, -0.05) is 18.2 Å². The lowest BCUT2D eigenvalue weighted by Crippen LogP contribution is -2.36. The Morgan fingerprint density at radius 3 is 2.48 bits per heavy atom. The van der Waals surface area contributed by atoms with Gasteiger partial charge in [0.15, 0.2) is 11.5 Å². The summed E-state index contributed by atoms with van der Waals surface area (Å²) < 4.78 is 11.6. The molecular formula is C21H15Br2N5O5. The van der Waals surface area contributed by atoms with E-state index in [2.05, 4.69) is 52.1 Å². The molecule has 2 aromatic carbocycles. The average molecular weight is 577 g/mol. The first-order chi connectivity index (χ1) is 15.8. The molecule has 0 aliphatic heterocycles. The zero-order valence-corrected chi connectivity index (χ0v) is 20.1. The van der Waals surface area contributed by atoms with Crippen LogP contribution in [0.2, 0.25) is 0 Å². The van der Waals surface area contributed by atoms with Crippen molar-refractivity contribution >= 4 is 66.0 Å². The number of carbonyl (C=O) groups excluding carboxylic acids is 2. The molecule has 0 atom stereocenters. The number of aromatic amines is 1. The number of anilines is 1. The maximum Gasteiger partial charge on any atom is 0.414 e. The molecule has 0 bridgehead atoms. The number of benzene rings is 2. The number of carbonyl (C=O) groups is 2. The number of nitrogens with one attached hydrogen (secondary N) is 3. The summed E-state index contributed by atoms with van der Waals surface area (Å²) >= 11 is 6.83. The first kappa shape index (κ1) is 24.0. The molecule has 0 unspecified atom stereocenters. The summed E-state index contributed by atoms with van der Waals surface area (Å²) in [6, 6.07) is 11.8. The number of pyridine rings is 1. The number of halogens is 2. The lowest BCUT2D eigenvalue weighted by atomic mass is 10.1. The monoisotopic (exact) mass is 575 g/mol. The number of aromatic nitrogens is 1. The molecule has 168 valence electrons. The van der Waals surface area contributed by atoms with E-state index >= 15 is 0 Å². The van der Waals surface area contributed by atoms with Crippen molar-refractivity contribution in [1.82, 2.24) is 10.3 Å². The molecule has 0 saturated heterocycles. The van der Waals surface area contributed by atoms with Gasteiger partial charge in [0.05, 0.1) is 26.6 Å². The van der Waals surface area contributed by atoms with Crippen LogP contribution in [0, 0.1) is 11.3 Å². The van der Waals surface area contributed by atoms with Crippen molar-refractivity contribution in [3.63, 3.8) is 0 Å². The minimum absolute atomic E-state index is 0.0712. The number of nitrogens with zero attached hydrogens (tertiary/aromatic N) is 2. The van der Waals surface area contributed by atoms with Gasteiger partial charge in [0.1, 0.15) is 6.07 Å². The fourth-order valence-corrected chi connectivity index (χ4v) is 4.01. The number of hydrogen-bond acceptors (Lipinski definition) is 8. The average Bonchev–Trinajstić information content (AvgIpc) is 2.78. The molecule has 3 rings (SSSR count). The largest absolute Gasteiger partial charge is 0.453 e. The van der Waals surface area contributed by atoms with E-state index < -0.39 is 17.7 Å². The predicted molar refractivity (Wildman–Crippen MR) is 128 cm³/mol. The Labute approximate surface area is 203 Å². The first-order valence-electron chi connectivity index (χ1n) is 9.33. The quantitative estimate of drug-likeness (QED) is 0.291. The highest BCUT2D eigenvalue weighted by molar-refractivity contribution is 9.11. The highest BCUT2D eigenvalue weighted by atomic mass is 79.9. The maximum absolute atomic E-state index is 12.0. The van der Waals surface area contributed by atoms with Crippen LogP contribution in [0.25, 0.3) is 10.8 Å². The topological polar surface area (TPSA) is 146 Å². The number of fused-ring (bicyclic) bond motifs is 1. The summed E-state index contributed by atoms with van der Waals surface area (Å²) in [5, 5.41) is 15.9. The van der Waals surface area contributed by atoms with Crippen molar-refractivity contribution in [3.8, 4) is 17.6 Å². The van der Waals surface area contributed by atoms with Crippen LogP contribution < -0.4 is 21.0 Å². The molecule has 0 saturated carbocycles. The zero-order chi connectivity index (χ0) is 24.0. The van der Waals surface area contributed by atoms with Crippen molar-refractivity contribution < 1.29 is 19.1 Å². The summed E-state index contributed by atoms with van der Waals surface area (Å²) in [6.45, 7) is 1.65. The van der Waals surface area contributed by atoms with Crippen LogP contribution in [-0.2, 0) is 9.53 Å². The van der Waals surface area contributed by atoms with Crippen molar-refractivity contribution in [2.75, 3.05) is 12.0 Å². The van der Waals surface area contributed by atoms with Crippen LogP contribution in [-0.4, -0.2) is 29.3 Å². The lowest BCUT2D eigenvalue weighted by Gasteiger charge is -2.13. The van der Waals surface area contributed by atoms with Gasteiger partial charge in [0.2, 0.25) is 5.71 Å². The zero-order valence-electron chi connectivity index (χ0n) is 16.9. The van der Waals surface area contributed by atoms with Crippen LogP contribution >= 0.6 is 31.9 Å². The third kappa shape index (κ3) is 5.76. The molecule has 3 aromatic rings. The smallest absolute Gasteiger partial charge is 0.414 e. The Morgan fingerprint density at radius 1 is 1.18 bits per heavy atom. The van der Waals surface area contributed by atoms with Crippen molar-refractivity contribution in [2.24, 2.45) is 5.10 Å². The van der Waals surface area contributed by atoms with Gasteiger partial charge in [0.25, 0.3) is 11.5 Å². The number of alkyl carbamates (subject to hydrolysis) is 1. The van der Waals surface area contributed by atoms with E-state index in [1.807, 2.05) is 5.32 Å². The Hall–Kier alpha value is -3.69. The molecule has 33 heavy (non-hydrogen) atoms. The minimum atomic E-state index is -1.01. The van der Waals surface area contributed by atoms with E-state index in [1.165, 1.54) is 6.20 Å². The second-order valence-corrected chi connectivity index (χ2v) is 7.97. The second-order valence-electron chi connectivity index (χ2n) is 6.26. The molecule has 10 nitrogen and oxygen atoms in total. The predicted octanol–water partition coefficient (Wildman–Crippen LogP) is 4.41. The normalized spacial score (nSPS) is 10.9. The van der Waals surface area contributed by atoms with Gasteiger partial charge in [-0.2, -0.15) is 10.4 Å². The molecule has 1 heterocycles. The number of hydrogen-bond donors (Lipinski definition) is 3. The van der Waals surface area contributed by atoms with Crippen LogP contribution in [0.15, 0.2) is 61.4 Å². The van der Waals surface area contributed by atoms with E-state index in [9.17, 15) is 14.4 Å². The number of imide groups is 1. The number of hydrazone groups is 1. The van der Waals surface area contributed by atoms with E-state index in [0.29, 0.717) is 36.9 Å². The number of rotatable bonds is 6. The molecule has 0 spiro atoms. The van der Waals surface area contributed by atoms with Gasteiger partial charge in [-0.3, -0.25) is 20.3 Å². The van der Waals surface area contributed by atoms with E-state index in [4.69, 9.17) is 10.00 Å². The summed E-state index contributed by atoms with van der Waals surface area (Å²) in [5.41, 5.74) is 2.19. The van der Waals surface area contributed by atoms with Crippen LogP contribution in [0.4, 0.5) is 10.5 Å². The molecule has 0 aliphatic rings. The van der Waals surface area contributed by atoms with Gasteiger partial charge in [-0.15, -0.1) is 0 Å². The van der Waals surface area contributed by atoms with Gasteiger partial charge >= 0.3 is 6.09 Å². The fourth-order valence-electron chi connectivity index (χ4n) is 2.66. The third-order valence-corrected chi connectivity index (χ3v) is 5.27. The molecule has 12 heteroatoms. The summed E-state index contributed by atoms with van der Waals surface area (Å²) in [4.78, 5) is 37.9. The molecule has 0 aliphatic carbocycles. The highest BCUT2D eigenvalue weighted by Gasteiger charge is 2.16. The Kier molecular flexibility index (Phi) is 7.81. The minimum Gasteiger partial charge on any atom is -0.453 e. The van der Waals surface area contributed by atoms with Crippen LogP contribution in [0.5, 0.6) is 11.5 Å². The SMILES string of the molecule is CCOC(=O)NC(=O)/C(C#N)=N\Nc1cc(Br)c(Oc2c[nH]c(=O)c3ccccc23)c(Br)c1. The lowest BCUT2D eigenvalue weighted by molar-refractivity contribution is -0.114. The number of ether oxygens (including phenoxy) is 2. The van der Waals surface area contributed by atoms with E-state index in [-0.39, 0.29) is 12.2 Å². The Bertz CT molecular complexity index is 1340. The fraction of sp³-hybridized carbons (Fsp3) is 0.0952. The molecule has 2 amide bonds. The molecule has 0 fully saturated rings. The summed E-state index contributed by atoms with van der Waals surface area (Å²) in [5.74, 6) is -0.151. The summed E-state index contributed by atoms with van der Waals surface area (Å²) in [7, 11) is 0. The van der Waals surface area contributed by atoms with Crippen molar-refractivity contribution in [1.29, 1.82) is 5.26 Å². The molecule has 1 aromatic heterocycles. The van der Waals surface area contributed by atoms with Gasteiger partial charge in [-0.05, 0) is 57.0 Å². The van der Waals surface area contributed by atoms with Crippen molar-refractivity contribution in [2.45, 2.75) is 6.92 Å². The van der Waals surface area contributed by atoms with Crippen LogP contribution in [0.1, 0.15) is 6.92 Å². The molecule has 0 radical (unpaired) electrons. The van der Waals surface area contributed by atoms with Gasteiger partial charge in [-0.25, -0.2) is 4.79 Å².